The van der Waals surface area contributed by atoms with Crippen molar-refractivity contribution < 1.29 is 28.5 Å². The Morgan fingerprint density at radius 2 is 1.80 bits per heavy atom. The monoisotopic (exact) mass is 642 g/mol. The van der Waals surface area contributed by atoms with Crippen LogP contribution in [0, 0.1) is 0 Å². The molecule has 11 heteroatoms. The fourth-order valence-corrected chi connectivity index (χ4v) is 6.02. The molecule has 3 aromatic rings. The van der Waals surface area contributed by atoms with Gasteiger partial charge in [-0.05, 0) is 77.7 Å². The number of esters is 2. The first kappa shape index (κ1) is 30.3. The molecule has 41 heavy (non-hydrogen) atoms. The second-order valence-electron chi connectivity index (χ2n) is 8.97. The fourth-order valence-electron chi connectivity index (χ4n) is 4.45. The van der Waals surface area contributed by atoms with Crippen LogP contribution in [0.1, 0.15) is 50.8 Å². The van der Waals surface area contributed by atoms with Crippen LogP contribution in [0.25, 0.3) is 6.08 Å². The molecule has 1 aliphatic heterocycles. The number of benzene rings is 2. The smallest absolute Gasteiger partial charge is 0.344 e. The van der Waals surface area contributed by atoms with Crippen LogP contribution in [-0.4, -0.2) is 43.4 Å². The molecule has 0 aliphatic carbocycles. The minimum atomic E-state index is -0.727. The van der Waals surface area contributed by atoms with Gasteiger partial charge in [0, 0.05) is 0 Å². The molecule has 0 bridgehead atoms. The van der Waals surface area contributed by atoms with Gasteiger partial charge in [-0.2, -0.15) is 0 Å². The number of carbonyl (C=O) groups excluding carboxylic acids is 2. The molecule has 1 aromatic heterocycles. The van der Waals surface area contributed by atoms with E-state index in [-0.39, 0.29) is 25.4 Å². The van der Waals surface area contributed by atoms with Crippen molar-refractivity contribution in [2.45, 2.75) is 39.7 Å². The van der Waals surface area contributed by atoms with Crippen LogP contribution in [0.4, 0.5) is 0 Å². The van der Waals surface area contributed by atoms with Crippen molar-refractivity contribution in [2.24, 2.45) is 4.99 Å². The molecule has 2 heterocycles. The van der Waals surface area contributed by atoms with Gasteiger partial charge in [0.15, 0.2) is 11.4 Å². The van der Waals surface area contributed by atoms with E-state index in [1.165, 1.54) is 11.3 Å². The third-order valence-corrected chi connectivity index (χ3v) is 7.83. The van der Waals surface area contributed by atoms with Crippen LogP contribution < -0.4 is 24.4 Å². The van der Waals surface area contributed by atoms with E-state index in [9.17, 15) is 14.4 Å². The minimum Gasteiger partial charge on any atom is -0.496 e. The summed E-state index contributed by atoms with van der Waals surface area (Å²) in [7, 11) is 1.57. The van der Waals surface area contributed by atoms with Gasteiger partial charge in [-0.15, -0.1) is 0 Å². The van der Waals surface area contributed by atoms with E-state index < -0.39 is 18.0 Å². The summed E-state index contributed by atoms with van der Waals surface area (Å²) in [5.74, 6) is 0.196. The standard InChI is InChI=1S/C30H31BrN2O7S/c1-5-8-22-26(29(36)39-7-3)27(19-11-14-23(37-4)21(31)16-19)33-28(35)24(41-30(33)32-22)15-18-9-12-20(13-10-18)40-17-25(34)38-6-2/h9-16,27H,5-8,17H2,1-4H3/b24-15-/t27-/m0/s1. The molecule has 216 valence electrons. The van der Waals surface area contributed by atoms with Crippen molar-refractivity contribution in [2.75, 3.05) is 26.9 Å². The van der Waals surface area contributed by atoms with Gasteiger partial charge in [-0.3, -0.25) is 9.36 Å². The molecular weight excluding hydrogens is 612 g/mol. The Morgan fingerprint density at radius 3 is 2.44 bits per heavy atom. The number of hydrogen-bond donors (Lipinski definition) is 0. The molecule has 0 amide bonds. The van der Waals surface area contributed by atoms with E-state index >= 15 is 0 Å². The second kappa shape index (κ2) is 13.8. The number of allylic oxidation sites excluding steroid dienone is 1. The first-order valence-corrected chi connectivity index (χ1v) is 14.9. The summed E-state index contributed by atoms with van der Waals surface area (Å²) in [6.45, 7) is 5.80. The number of fused-ring (bicyclic) bond motifs is 1. The van der Waals surface area contributed by atoms with E-state index in [0.717, 1.165) is 17.5 Å². The number of rotatable bonds is 11. The molecule has 2 aromatic carbocycles. The summed E-state index contributed by atoms with van der Waals surface area (Å²) in [5, 5.41) is 0. The molecule has 0 N–H and O–H groups in total. The molecule has 0 saturated carbocycles. The molecule has 4 rings (SSSR count). The average molecular weight is 644 g/mol. The van der Waals surface area contributed by atoms with E-state index in [1.54, 1.807) is 61.9 Å². The highest BCUT2D eigenvalue weighted by Crippen LogP contribution is 2.36. The lowest BCUT2D eigenvalue weighted by Crippen LogP contribution is -2.40. The van der Waals surface area contributed by atoms with Crippen LogP contribution in [0.15, 0.2) is 68.0 Å². The quantitative estimate of drug-likeness (QED) is 0.287. The Morgan fingerprint density at radius 1 is 1.07 bits per heavy atom. The van der Waals surface area contributed by atoms with Crippen LogP contribution in [0.2, 0.25) is 0 Å². The maximum absolute atomic E-state index is 13.9. The third-order valence-electron chi connectivity index (χ3n) is 6.22. The summed E-state index contributed by atoms with van der Waals surface area (Å²) in [4.78, 5) is 44.1. The van der Waals surface area contributed by atoms with Crippen molar-refractivity contribution in [3.05, 3.63) is 89.0 Å². The van der Waals surface area contributed by atoms with Crippen molar-refractivity contribution >= 4 is 45.3 Å². The molecule has 0 radical (unpaired) electrons. The molecule has 0 spiro atoms. The lowest BCUT2D eigenvalue weighted by atomic mass is 9.94. The highest BCUT2D eigenvalue weighted by atomic mass is 79.9. The van der Waals surface area contributed by atoms with Gasteiger partial charge in [0.1, 0.15) is 11.5 Å². The summed E-state index contributed by atoms with van der Waals surface area (Å²) >= 11 is 4.80. The van der Waals surface area contributed by atoms with Crippen LogP contribution in [0.5, 0.6) is 11.5 Å². The van der Waals surface area contributed by atoms with Gasteiger partial charge >= 0.3 is 11.9 Å². The first-order chi connectivity index (χ1) is 19.8. The minimum absolute atomic E-state index is 0.184. The van der Waals surface area contributed by atoms with Gasteiger partial charge in [-0.1, -0.05) is 42.9 Å². The lowest BCUT2D eigenvalue weighted by Gasteiger charge is -2.26. The van der Waals surface area contributed by atoms with Crippen LogP contribution in [0.3, 0.4) is 0 Å². The number of methoxy groups -OCH3 is 1. The zero-order valence-corrected chi connectivity index (χ0v) is 25.7. The third kappa shape index (κ3) is 6.79. The van der Waals surface area contributed by atoms with Crippen molar-refractivity contribution in [1.82, 2.24) is 4.57 Å². The Balaban J connectivity index is 1.81. The number of thiazole rings is 1. The second-order valence-corrected chi connectivity index (χ2v) is 10.8. The number of ether oxygens (including phenoxy) is 4. The predicted molar refractivity (Wildman–Crippen MR) is 159 cm³/mol. The van der Waals surface area contributed by atoms with Gasteiger partial charge in [0.2, 0.25) is 0 Å². The van der Waals surface area contributed by atoms with Crippen LogP contribution in [-0.2, 0) is 19.1 Å². The molecule has 0 unspecified atom stereocenters. The molecule has 1 aliphatic rings. The van der Waals surface area contributed by atoms with E-state index in [2.05, 4.69) is 15.9 Å². The molecule has 0 saturated heterocycles. The highest BCUT2D eigenvalue weighted by molar-refractivity contribution is 9.10. The molecule has 1 atom stereocenters. The van der Waals surface area contributed by atoms with Gasteiger partial charge in [-0.25, -0.2) is 14.6 Å². The van der Waals surface area contributed by atoms with Crippen molar-refractivity contribution in [1.29, 1.82) is 0 Å². The maximum Gasteiger partial charge on any atom is 0.344 e. The molecular formula is C30H31BrN2O7S. The normalized spacial score (nSPS) is 14.8. The Kier molecular flexibility index (Phi) is 10.2. The number of hydrogen-bond acceptors (Lipinski definition) is 9. The van der Waals surface area contributed by atoms with E-state index in [0.29, 0.717) is 43.0 Å². The summed E-state index contributed by atoms with van der Waals surface area (Å²) in [5.41, 5.74) is 2.18. The summed E-state index contributed by atoms with van der Waals surface area (Å²) in [6, 6.07) is 11.8. The SMILES string of the molecule is CCCC1=C(C(=O)OCC)[C@H](c2ccc(OC)c(Br)c2)n2c(s/c(=C\c3ccc(OCC(=O)OCC)cc3)c2=O)=N1. The van der Waals surface area contributed by atoms with Gasteiger partial charge in [0.05, 0.1) is 46.6 Å². The Bertz CT molecular complexity index is 1640. The summed E-state index contributed by atoms with van der Waals surface area (Å²) < 4.78 is 23.9. The number of carbonyl (C=O) groups is 2. The van der Waals surface area contributed by atoms with Gasteiger partial charge < -0.3 is 18.9 Å². The zero-order valence-electron chi connectivity index (χ0n) is 23.3. The number of nitrogens with zero attached hydrogens (tertiary/aromatic N) is 2. The topological polar surface area (TPSA) is 105 Å². The Hall–Kier alpha value is -3.70. The first-order valence-electron chi connectivity index (χ1n) is 13.2. The predicted octanol–water partition coefficient (Wildman–Crippen LogP) is 4.29. The van der Waals surface area contributed by atoms with E-state index in [1.807, 2.05) is 19.1 Å². The summed E-state index contributed by atoms with van der Waals surface area (Å²) in [6.07, 6.45) is 3.09. The number of halogens is 1. The number of aromatic nitrogens is 1. The average Bonchev–Trinajstić information content (AvgIpc) is 3.26. The van der Waals surface area contributed by atoms with Crippen molar-refractivity contribution in [3.8, 4) is 11.5 Å². The molecule has 9 nitrogen and oxygen atoms in total. The highest BCUT2D eigenvalue weighted by Gasteiger charge is 2.34. The maximum atomic E-state index is 13.9. The van der Waals surface area contributed by atoms with Crippen molar-refractivity contribution in [3.63, 3.8) is 0 Å². The van der Waals surface area contributed by atoms with Gasteiger partial charge in [0.25, 0.3) is 5.56 Å². The Labute approximate surface area is 249 Å². The molecule has 0 fully saturated rings. The zero-order chi connectivity index (χ0) is 29.5. The largest absolute Gasteiger partial charge is 0.496 e. The van der Waals surface area contributed by atoms with E-state index in [4.69, 9.17) is 23.9 Å². The van der Waals surface area contributed by atoms with Crippen LogP contribution >= 0.6 is 27.3 Å². The fraction of sp³-hybridized carbons (Fsp3) is 0.333. The lowest BCUT2D eigenvalue weighted by molar-refractivity contribution is -0.145.